The summed E-state index contributed by atoms with van der Waals surface area (Å²) >= 11 is 0. The molecule has 0 bridgehead atoms. The van der Waals surface area contributed by atoms with Crippen LogP contribution in [0.3, 0.4) is 0 Å². The molecule has 19 heavy (non-hydrogen) atoms. The zero-order chi connectivity index (χ0) is 14.1. The first kappa shape index (κ1) is 15.2. The first-order chi connectivity index (χ1) is 8.81. The second-order valence-corrected chi connectivity index (χ2v) is 7.25. The third-order valence-electron chi connectivity index (χ3n) is 3.92. The van der Waals surface area contributed by atoms with Gasteiger partial charge in [-0.3, -0.25) is 4.90 Å². The van der Waals surface area contributed by atoms with Crippen LogP contribution in [0.1, 0.15) is 34.6 Å². The van der Waals surface area contributed by atoms with Crippen molar-refractivity contribution < 1.29 is 9.47 Å². The summed E-state index contributed by atoms with van der Waals surface area (Å²) in [6.07, 6.45) is 0. The molecule has 0 spiro atoms. The maximum atomic E-state index is 6.14. The quantitative estimate of drug-likeness (QED) is 0.839. The van der Waals surface area contributed by atoms with Crippen LogP contribution in [0.5, 0.6) is 0 Å². The molecule has 0 saturated carbocycles. The number of hydrogen-bond donors (Lipinski definition) is 1. The van der Waals surface area contributed by atoms with Crippen LogP contribution in [-0.4, -0.2) is 61.5 Å². The topological polar surface area (TPSA) is 33.7 Å². The van der Waals surface area contributed by atoms with Crippen molar-refractivity contribution in [1.29, 1.82) is 0 Å². The first-order valence-electron chi connectivity index (χ1n) is 7.55. The molecule has 4 nitrogen and oxygen atoms in total. The molecule has 2 saturated heterocycles. The van der Waals surface area contributed by atoms with E-state index < -0.39 is 0 Å². The van der Waals surface area contributed by atoms with Gasteiger partial charge in [-0.05, 0) is 34.2 Å². The molecule has 0 amide bonds. The van der Waals surface area contributed by atoms with E-state index in [0.29, 0.717) is 12.0 Å². The molecule has 2 atom stereocenters. The monoisotopic (exact) mass is 270 g/mol. The first-order valence-corrected chi connectivity index (χ1v) is 7.55. The fraction of sp³-hybridized carbons (Fsp3) is 1.00. The Balaban J connectivity index is 1.94. The molecule has 0 aromatic rings. The van der Waals surface area contributed by atoms with Gasteiger partial charge in [0.25, 0.3) is 0 Å². The van der Waals surface area contributed by atoms with E-state index in [0.717, 1.165) is 39.4 Å². The minimum Gasteiger partial charge on any atom is -0.379 e. The normalized spacial score (nSPS) is 34.6. The molecule has 0 aliphatic carbocycles. The molecule has 2 heterocycles. The van der Waals surface area contributed by atoms with Crippen LogP contribution < -0.4 is 5.32 Å². The van der Waals surface area contributed by atoms with Gasteiger partial charge in [0.05, 0.1) is 24.4 Å². The minimum absolute atomic E-state index is 0.0606. The molecular weight excluding hydrogens is 240 g/mol. The average molecular weight is 270 g/mol. The van der Waals surface area contributed by atoms with E-state index in [4.69, 9.17) is 9.47 Å². The van der Waals surface area contributed by atoms with Crippen molar-refractivity contribution in [3.05, 3.63) is 0 Å². The zero-order valence-electron chi connectivity index (χ0n) is 13.2. The Kier molecular flexibility index (Phi) is 4.56. The van der Waals surface area contributed by atoms with E-state index in [1.165, 1.54) is 0 Å². The Labute approximate surface area is 117 Å². The van der Waals surface area contributed by atoms with Crippen LogP contribution in [0.15, 0.2) is 0 Å². The van der Waals surface area contributed by atoms with Crippen LogP contribution >= 0.6 is 0 Å². The smallest absolute Gasteiger partial charge is 0.0760 e. The molecule has 2 aliphatic heterocycles. The van der Waals surface area contributed by atoms with Gasteiger partial charge in [-0.1, -0.05) is 6.92 Å². The molecule has 0 aromatic heterocycles. The van der Waals surface area contributed by atoms with Crippen LogP contribution in [0.25, 0.3) is 0 Å². The van der Waals surface area contributed by atoms with Crippen LogP contribution in [0, 0.1) is 5.92 Å². The fourth-order valence-corrected chi connectivity index (χ4v) is 3.67. The maximum absolute atomic E-state index is 6.14. The number of nitrogens with one attached hydrogen (secondary N) is 1. The lowest BCUT2D eigenvalue weighted by Crippen LogP contribution is -2.58. The van der Waals surface area contributed by atoms with Crippen LogP contribution in [0.4, 0.5) is 0 Å². The van der Waals surface area contributed by atoms with Gasteiger partial charge in [0.2, 0.25) is 0 Å². The molecule has 2 rings (SSSR count). The molecule has 0 aromatic carbocycles. The molecular formula is C15H30N2O2. The van der Waals surface area contributed by atoms with Gasteiger partial charge >= 0.3 is 0 Å². The fourth-order valence-electron chi connectivity index (χ4n) is 3.67. The van der Waals surface area contributed by atoms with E-state index in [1.807, 2.05) is 0 Å². The highest BCUT2D eigenvalue weighted by atomic mass is 16.5. The third kappa shape index (κ3) is 4.15. The molecule has 0 radical (unpaired) electrons. The molecule has 2 unspecified atom stereocenters. The lowest BCUT2D eigenvalue weighted by molar-refractivity contribution is -0.182. The number of nitrogens with zero attached hydrogens (tertiary/aromatic N) is 1. The second kappa shape index (κ2) is 5.68. The van der Waals surface area contributed by atoms with Crippen molar-refractivity contribution in [2.75, 3.05) is 39.4 Å². The molecule has 2 aliphatic rings. The van der Waals surface area contributed by atoms with Gasteiger partial charge in [0, 0.05) is 31.6 Å². The average Bonchev–Trinajstić information content (AvgIpc) is 2.61. The van der Waals surface area contributed by atoms with Crippen LogP contribution in [-0.2, 0) is 9.47 Å². The van der Waals surface area contributed by atoms with Gasteiger partial charge < -0.3 is 14.8 Å². The van der Waals surface area contributed by atoms with E-state index in [2.05, 4.69) is 44.8 Å². The summed E-state index contributed by atoms with van der Waals surface area (Å²) in [5.41, 5.74) is -0.121. The summed E-state index contributed by atoms with van der Waals surface area (Å²) in [6, 6.07) is 0.513. The van der Waals surface area contributed by atoms with Gasteiger partial charge in [-0.25, -0.2) is 0 Å². The maximum Gasteiger partial charge on any atom is 0.0760 e. The number of ether oxygens (including phenoxy) is 2. The highest BCUT2D eigenvalue weighted by Gasteiger charge is 2.40. The Morgan fingerprint density at radius 3 is 2.32 bits per heavy atom. The Bertz CT molecular complexity index is 289. The largest absolute Gasteiger partial charge is 0.379 e. The zero-order valence-corrected chi connectivity index (χ0v) is 13.2. The highest BCUT2D eigenvalue weighted by Crippen LogP contribution is 2.29. The van der Waals surface area contributed by atoms with Crippen molar-refractivity contribution in [2.24, 2.45) is 5.92 Å². The van der Waals surface area contributed by atoms with Crippen molar-refractivity contribution in [3.63, 3.8) is 0 Å². The molecule has 1 N–H and O–H groups in total. The summed E-state index contributed by atoms with van der Waals surface area (Å²) in [5.74, 6) is 0.602. The summed E-state index contributed by atoms with van der Waals surface area (Å²) in [7, 11) is 0. The molecule has 112 valence electrons. The van der Waals surface area contributed by atoms with Crippen molar-refractivity contribution in [2.45, 2.75) is 51.9 Å². The van der Waals surface area contributed by atoms with Crippen molar-refractivity contribution >= 4 is 0 Å². The number of rotatable bonds is 4. The lowest BCUT2D eigenvalue weighted by atomic mass is 9.96. The van der Waals surface area contributed by atoms with Gasteiger partial charge in [-0.2, -0.15) is 0 Å². The molecule has 4 heteroatoms. The Morgan fingerprint density at radius 2 is 1.74 bits per heavy atom. The summed E-state index contributed by atoms with van der Waals surface area (Å²) in [5, 5.41) is 3.54. The Hall–Kier alpha value is -0.160. The van der Waals surface area contributed by atoms with Gasteiger partial charge in [0.1, 0.15) is 0 Å². The predicted molar refractivity (Wildman–Crippen MR) is 77.5 cm³/mol. The van der Waals surface area contributed by atoms with Gasteiger partial charge in [-0.15, -0.1) is 0 Å². The number of likely N-dealkylation sites (N-methyl/N-ethyl adjacent to an activating group) is 1. The highest BCUT2D eigenvalue weighted by molar-refractivity contribution is 4.92. The summed E-state index contributed by atoms with van der Waals surface area (Å²) in [6.45, 7) is 16.8. The Morgan fingerprint density at radius 1 is 1.11 bits per heavy atom. The van der Waals surface area contributed by atoms with Gasteiger partial charge in [0.15, 0.2) is 0 Å². The number of hydrogen-bond acceptors (Lipinski definition) is 4. The molecule has 2 fully saturated rings. The summed E-state index contributed by atoms with van der Waals surface area (Å²) < 4.78 is 11.8. The van der Waals surface area contributed by atoms with Crippen molar-refractivity contribution in [1.82, 2.24) is 10.2 Å². The third-order valence-corrected chi connectivity index (χ3v) is 3.92. The lowest BCUT2D eigenvalue weighted by Gasteiger charge is -2.48. The SMILES string of the molecule is CCNC1COCC1CN1CC(C)(C)OC(C)(C)C1. The number of morpholine rings is 1. The standard InChI is InChI=1S/C15H30N2O2/c1-6-16-13-9-18-8-12(13)7-17-10-14(2,3)19-15(4,5)11-17/h12-13,16H,6-11H2,1-5H3. The summed E-state index contributed by atoms with van der Waals surface area (Å²) in [4.78, 5) is 2.55. The van der Waals surface area contributed by atoms with E-state index in [-0.39, 0.29) is 11.2 Å². The second-order valence-electron chi connectivity index (χ2n) is 7.25. The predicted octanol–water partition coefficient (Wildman–Crippen LogP) is 1.50. The van der Waals surface area contributed by atoms with E-state index in [1.54, 1.807) is 0 Å². The minimum atomic E-state index is -0.0606. The van der Waals surface area contributed by atoms with Crippen LogP contribution in [0.2, 0.25) is 0 Å². The van der Waals surface area contributed by atoms with Crippen molar-refractivity contribution in [3.8, 4) is 0 Å². The van der Waals surface area contributed by atoms with E-state index >= 15 is 0 Å². The van der Waals surface area contributed by atoms with E-state index in [9.17, 15) is 0 Å².